The van der Waals surface area contributed by atoms with E-state index >= 15 is 0 Å². The van der Waals surface area contributed by atoms with Gasteiger partial charge in [0.1, 0.15) is 0 Å². The molecule has 3 aromatic rings. The predicted octanol–water partition coefficient (Wildman–Crippen LogP) is 4.42. The Morgan fingerprint density at radius 2 is 1.90 bits per heavy atom. The van der Waals surface area contributed by atoms with E-state index in [9.17, 15) is 0 Å². The monoisotopic (exact) mass is 297 g/mol. The number of nitrogen functional groups attached to an aromatic ring is 1. The maximum absolute atomic E-state index is 5.76. The van der Waals surface area contributed by atoms with Crippen LogP contribution in [0.5, 0.6) is 0 Å². The Hall–Kier alpha value is -2.07. The van der Waals surface area contributed by atoms with E-state index in [1.807, 2.05) is 5.38 Å². The van der Waals surface area contributed by atoms with Crippen LogP contribution in [0.1, 0.15) is 29.9 Å². The molecule has 2 aromatic heterocycles. The van der Waals surface area contributed by atoms with Crippen LogP contribution in [0.3, 0.4) is 0 Å². The molecule has 3 nitrogen and oxygen atoms in total. The van der Waals surface area contributed by atoms with Crippen LogP contribution in [-0.4, -0.2) is 9.55 Å². The molecule has 0 aliphatic heterocycles. The zero-order chi connectivity index (χ0) is 15.0. The Kier molecular flexibility index (Phi) is 3.55. The average Bonchev–Trinajstić information content (AvgIpc) is 3.03. The largest absolute Gasteiger partial charge is 0.375 e. The summed E-state index contributed by atoms with van der Waals surface area (Å²) in [6, 6.07) is 13.1. The minimum Gasteiger partial charge on any atom is -0.375 e. The second kappa shape index (κ2) is 5.37. The SMILES string of the molecule is Cc1cc(-c2csc(N)n2)c(C)n1[C@@H](C)c1ccccc1. The van der Waals surface area contributed by atoms with Gasteiger partial charge in [-0.15, -0.1) is 11.3 Å². The molecule has 0 aliphatic rings. The molecule has 1 atom stereocenters. The Labute approximate surface area is 129 Å². The number of rotatable bonds is 3. The molecular weight excluding hydrogens is 278 g/mol. The molecular formula is C17H19N3S. The fraction of sp³-hybridized carbons (Fsp3) is 0.235. The van der Waals surface area contributed by atoms with Gasteiger partial charge in [-0.25, -0.2) is 4.98 Å². The van der Waals surface area contributed by atoms with Gasteiger partial charge < -0.3 is 10.3 Å². The zero-order valence-electron chi connectivity index (χ0n) is 12.5. The van der Waals surface area contributed by atoms with E-state index in [1.165, 1.54) is 33.9 Å². The quantitative estimate of drug-likeness (QED) is 0.777. The molecule has 0 radical (unpaired) electrons. The maximum Gasteiger partial charge on any atom is 0.180 e. The van der Waals surface area contributed by atoms with Gasteiger partial charge in [0.15, 0.2) is 5.13 Å². The fourth-order valence-electron chi connectivity index (χ4n) is 2.92. The Balaban J connectivity index is 2.06. The van der Waals surface area contributed by atoms with Crippen molar-refractivity contribution in [2.24, 2.45) is 0 Å². The molecule has 21 heavy (non-hydrogen) atoms. The molecule has 0 amide bonds. The number of aryl methyl sites for hydroxylation is 1. The summed E-state index contributed by atoms with van der Waals surface area (Å²) in [5.74, 6) is 0. The zero-order valence-corrected chi connectivity index (χ0v) is 13.3. The van der Waals surface area contributed by atoms with E-state index in [0.717, 1.165) is 5.69 Å². The molecule has 0 aliphatic carbocycles. The van der Waals surface area contributed by atoms with Crippen molar-refractivity contribution in [1.29, 1.82) is 0 Å². The second-order valence-electron chi connectivity index (χ2n) is 5.31. The maximum atomic E-state index is 5.76. The van der Waals surface area contributed by atoms with Gasteiger partial charge in [-0.2, -0.15) is 0 Å². The summed E-state index contributed by atoms with van der Waals surface area (Å²) in [5, 5.41) is 2.64. The van der Waals surface area contributed by atoms with Gasteiger partial charge in [0.2, 0.25) is 0 Å². The van der Waals surface area contributed by atoms with Crippen LogP contribution in [0.15, 0.2) is 41.8 Å². The standard InChI is InChI=1S/C17H19N3S/c1-11-9-15(16-10-21-17(18)19-16)13(3)20(11)12(2)14-7-5-4-6-8-14/h4-10,12H,1-3H3,(H2,18,19)/t12-/m0/s1. The highest BCUT2D eigenvalue weighted by atomic mass is 32.1. The number of benzene rings is 1. The third-order valence-corrected chi connectivity index (χ3v) is 4.63. The smallest absolute Gasteiger partial charge is 0.180 e. The van der Waals surface area contributed by atoms with Crippen LogP contribution in [0.2, 0.25) is 0 Å². The number of nitrogens with zero attached hydrogens (tertiary/aromatic N) is 2. The fourth-order valence-corrected chi connectivity index (χ4v) is 3.49. The van der Waals surface area contributed by atoms with Gasteiger partial charge in [0.05, 0.1) is 11.7 Å². The van der Waals surface area contributed by atoms with Crippen molar-refractivity contribution >= 4 is 16.5 Å². The van der Waals surface area contributed by atoms with Crippen LogP contribution in [-0.2, 0) is 0 Å². The lowest BCUT2D eigenvalue weighted by Gasteiger charge is -2.19. The summed E-state index contributed by atoms with van der Waals surface area (Å²) in [6.45, 7) is 6.53. The van der Waals surface area contributed by atoms with Gasteiger partial charge in [0, 0.05) is 22.3 Å². The molecule has 108 valence electrons. The molecule has 0 bridgehead atoms. The van der Waals surface area contributed by atoms with Crippen molar-refractivity contribution in [2.75, 3.05) is 5.73 Å². The first-order valence-electron chi connectivity index (χ1n) is 7.02. The molecule has 2 heterocycles. The molecule has 3 rings (SSSR count). The van der Waals surface area contributed by atoms with Crippen LogP contribution < -0.4 is 5.73 Å². The van der Waals surface area contributed by atoms with E-state index in [-0.39, 0.29) is 0 Å². The highest BCUT2D eigenvalue weighted by molar-refractivity contribution is 7.13. The van der Waals surface area contributed by atoms with Gasteiger partial charge in [-0.3, -0.25) is 0 Å². The van der Waals surface area contributed by atoms with Gasteiger partial charge in [-0.05, 0) is 32.4 Å². The highest BCUT2D eigenvalue weighted by Gasteiger charge is 2.17. The molecule has 2 N–H and O–H groups in total. The van der Waals surface area contributed by atoms with Crippen LogP contribution in [0.4, 0.5) is 5.13 Å². The van der Waals surface area contributed by atoms with Crippen LogP contribution in [0, 0.1) is 13.8 Å². The van der Waals surface area contributed by atoms with E-state index in [4.69, 9.17) is 5.73 Å². The average molecular weight is 297 g/mol. The highest BCUT2D eigenvalue weighted by Crippen LogP contribution is 2.32. The number of hydrogen-bond acceptors (Lipinski definition) is 3. The summed E-state index contributed by atoms with van der Waals surface area (Å²) < 4.78 is 2.36. The lowest BCUT2D eigenvalue weighted by atomic mass is 10.1. The van der Waals surface area contributed by atoms with E-state index in [0.29, 0.717) is 11.2 Å². The predicted molar refractivity (Wildman–Crippen MR) is 89.7 cm³/mol. The number of thiazole rings is 1. The molecule has 0 spiro atoms. The van der Waals surface area contributed by atoms with E-state index in [1.54, 1.807) is 0 Å². The van der Waals surface area contributed by atoms with Crippen LogP contribution >= 0.6 is 11.3 Å². The lowest BCUT2D eigenvalue weighted by molar-refractivity contribution is 0.610. The topological polar surface area (TPSA) is 43.8 Å². The number of hydrogen-bond donors (Lipinski definition) is 1. The summed E-state index contributed by atoms with van der Waals surface area (Å²) in [5.41, 5.74) is 11.7. The van der Waals surface area contributed by atoms with Gasteiger partial charge in [0.25, 0.3) is 0 Å². The molecule has 1 aromatic carbocycles. The first-order chi connectivity index (χ1) is 10.1. The minimum atomic E-state index is 0.302. The van der Waals surface area contributed by atoms with E-state index in [2.05, 4.69) is 66.7 Å². The molecule has 0 unspecified atom stereocenters. The van der Waals surface area contributed by atoms with Gasteiger partial charge >= 0.3 is 0 Å². The summed E-state index contributed by atoms with van der Waals surface area (Å²) in [6.07, 6.45) is 0. The van der Waals surface area contributed by atoms with Crippen molar-refractivity contribution in [3.63, 3.8) is 0 Å². The number of aromatic nitrogens is 2. The summed E-state index contributed by atoms with van der Waals surface area (Å²) >= 11 is 1.49. The normalized spacial score (nSPS) is 12.5. The summed E-state index contributed by atoms with van der Waals surface area (Å²) in [4.78, 5) is 4.41. The second-order valence-corrected chi connectivity index (χ2v) is 6.20. The Bertz CT molecular complexity index is 756. The van der Waals surface area contributed by atoms with E-state index < -0.39 is 0 Å². The third-order valence-electron chi connectivity index (χ3n) is 3.95. The van der Waals surface area contributed by atoms with Crippen molar-refractivity contribution in [1.82, 2.24) is 9.55 Å². The molecule has 0 fully saturated rings. The molecule has 0 saturated carbocycles. The van der Waals surface area contributed by atoms with Crippen molar-refractivity contribution in [3.8, 4) is 11.3 Å². The van der Waals surface area contributed by atoms with Crippen LogP contribution in [0.25, 0.3) is 11.3 Å². The number of nitrogens with two attached hydrogens (primary N) is 1. The molecule has 0 saturated heterocycles. The molecule has 4 heteroatoms. The van der Waals surface area contributed by atoms with Crippen molar-refractivity contribution in [2.45, 2.75) is 26.8 Å². The lowest BCUT2D eigenvalue weighted by Crippen LogP contribution is -2.10. The Morgan fingerprint density at radius 1 is 1.19 bits per heavy atom. The minimum absolute atomic E-state index is 0.302. The summed E-state index contributed by atoms with van der Waals surface area (Å²) in [7, 11) is 0. The first kappa shape index (κ1) is 13.9. The van der Waals surface area contributed by atoms with Gasteiger partial charge in [-0.1, -0.05) is 30.3 Å². The van der Waals surface area contributed by atoms with Crippen molar-refractivity contribution in [3.05, 3.63) is 58.7 Å². The first-order valence-corrected chi connectivity index (χ1v) is 7.90. The Morgan fingerprint density at radius 3 is 2.52 bits per heavy atom. The van der Waals surface area contributed by atoms with Crippen molar-refractivity contribution < 1.29 is 0 Å². The third kappa shape index (κ3) is 2.47. The number of anilines is 1.